The van der Waals surface area contributed by atoms with Gasteiger partial charge in [0.2, 0.25) is 5.91 Å². The minimum Gasteiger partial charge on any atom is -0.304 e. The number of ketones is 1. The Morgan fingerprint density at radius 2 is 2.05 bits per heavy atom. The van der Waals surface area contributed by atoms with E-state index in [0.29, 0.717) is 6.42 Å². The summed E-state index contributed by atoms with van der Waals surface area (Å²) in [6.45, 7) is 5.62. The average Bonchev–Trinajstić information content (AvgIpc) is 2.71. The number of anilines is 1. The van der Waals surface area contributed by atoms with Crippen LogP contribution in [0.5, 0.6) is 0 Å². The molecular formula is C16H17NO2. The van der Waals surface area contributed by atoms with E-state index in [0.717, 1.165) is 34.4 Å². The van der Waals surface area contributed by atoms with Gasteiger partial charge in [-0.15, -0.1) is 0 Å². The largest absolute Gasteiger partial charge is 0.304 e. The number of carbonyl (C=O) groups is 2. The predicted molar refractivity (Wildman–Crippen MR) is 75.0 cm³/mol. The monoisotopic (exact) mass is 255 g/mol. The highest BCUT2D eigenvalue weighted by Gasteiger charge is 2.41. The molecule has 19 heavy (non-hydrogen) atoms. The summed E-state index contributed by atoms with van der Waals surface area (Å²) in [5.74, 6) is 0.204. The van der Waals surface area contributed by atoms with Crippen molar-refractivity contribution >= 4 is 23.0 Å². The molecule has 2 aliphatic rings. The van der Waals surface area contributed by atoms with Crippen LogP contribution in [0, 0.1) is 6.92 Å². The summed E-state index contributed by atoms with van der Waals surface area (Å²) < 4.78 is 0. The van der Waals surface area contributed by atoms with Gasteiger partial charge in [0, 0.05) is 17.6 Å². The second-order valence-corrected chi connectivity index (χ2v) is 5.43. The van der Waals surface area contributed by atoms with Gasteiger partial charge in [0.1, 0.15) is 0 Å². The van der Waals surface area contributed by atoms with Gasteiger partial charge in [0.25, 0.3) is 0 Å². The number of Topliss-reactive ketones (excluding diaryl/α,β-unsaturated/α-hetero) is 1. The van der Waals surface area contributed by atoms with E-state index in [1.165, 1.54) is 0 Å². The van der Waals surface area contributed by atoms with Crippen LogP contribution in [0.25, 0.3) is 5.57 Å². The van der Waals surface area contributed by atoms with Crippen LogP contribution in [0.15, 0.2) is 23.8 Å². The lowest BCUT2D eigenvalue weighted by Gasteiger charge is -2.34. The zero-order valence-electron chi connectivity index (χ0n) is 11.5. The minimum atomic E-state index is -0.0554. The van der Waals surface area contributed by atoms with Gasteiger partial charge in [-0.2, -0.15) is 0 Å². The Bertz CT molecular complexity index is 628. The summed E-state index contributed by atoms with van der Waals surface area (Å²) >= 11 is 0. The number of benzene rings is 1. The van der Waals surface area contributed by atoms with Crippen molar-refractivity contribution in [2.45, 2.75) is 39.7 Å². The lowest BCUT2D eigenvalue weighted by atomic mass is 9.86. The van der Waals surface area contributed by atoms with E-state index in [1.54, 1.807) is 6.92 Å². The van der Waals surface area contributed by atoms with Gasteiger partial charge in [-0.1, -0.05) is 11.6 Å². The van der Waals surface area contributed by atoms with Crippen LogP contribution >= 0.6 is 0 Å². The highest BCUT2D eigenvalue weighted by atomic mass is 16.2. The molecule has 3 nitrogen and oxygen atoms in total. The number of fused-ring (bicyclic) bond motifs is 3. The van der Waals surface area contributed by atoms with Crippen molar-refractivity contribution in [2.24, 2.45) is 0 Å². The summed E-state index contributed by atoms with van der Waals surface area (Å²) in [6.07, 6.45) is 1.28. The standard InChI is InChI=1S/C16H17NO2/c1-9-4-5-13-12(8-9)10(2)16(11(3)18)14-6-7-15(19)17(13)14/h4-5,8,14H,6-7H2,1-3H3. The Morgan fingerprint density at radius 3 is 2.74 bits per heavy atom. The molecule has 0 aromatic heterocycles. The Kier molecular flexibility index (Phi) is 2.59. The van der Waals surface area contributed by atoms with Crippen LogP contribution in [-0.2, 0) is 9.59 Å². The third-order valence-corrected chi connectivity index (χ3v) is 4.14. The normalized spacial score (nSPS) is 21.5. The van der Waals surface area contributed by atoms with Crippen molar-refractivity contribution in [1.29, 1.82) is 0 Å². The Balaban J connectivity index is 2.30. The number of aryl methyl sites for hydroxylation is 1. The van der Waals surface area contributed by atoms with E-state index in [9.17, 15) is 9.59 Å². The zero-order chi connectivity index (χ0) is 13.7. The second kappa shape index (κ2) is 4.05. The number of rotatable bonds is 1. The SMILES string of the molecule is CC(=O)C1=C(C)c2cc(C)ccc2N2C(=O)CCC12. The van der Waals surface area contributed by atoms with Crippen molar-refractivity contribution in [3.05, 3.63) is 34.9 Å². The van der Waals surface area contributed by atoms with Gasteiger partial charge in [-0.3, -0.25) is 9.59 Å². The topological polar surface area (TPSA) is 37.4 Å². The van der Waals surface area contributed by atoms with Crippen molar-refractivity contribution in [2.75, 3.05) is 4.90 Å². The molecule has 0 spiro atoms. The van der Waals surface area contributed by atoms with Crippen molar-refractivity contribution in [3.63, 3.8) is 0 Å². The molecule has 1 fully saturated rings. The first-order valence-electron chi connectivity index (χ1n) is 6.65. The third-order valence-electron chi connectivity index (χ3n) is 4.14. The highest BCUT2D eigenvalue weighted by Crippen LogP contribution is 2.43. The van der Waals surface area contributed by atoms with E-state index in [4.69, 9.17) is 0 Å². The molecule has 0 radical (unpaired) electrons. The van der Waals surface area contributed by atoms with Crippen LogP contribution in [0.4, 0.5) is 5.69 Å². The number of carbonyl (C=O) groups excluding carboxylic acids is 2. The molecule has 2 aliphatic heterocycles. The Labute approximate surface area is 112 Å². The smallest absolute Gasteiger partial charge is 0.227 e. The van der Waals surface area contributed by atoms with Crippen LogP contribution in [0.2, 0.25) is 0 Å². The summed E-state index contributed by atoms with van der Waals surface area (Å²) in [6, 6.07) is 6.03. The Hall–Kier alpha value is -1.90. The van der Waals surface area contributed by atoms with Gasteiger partial charge in [0.05, 0.1) is 11.7 Å². The second-order valence-electron chi connectivity index (χ2n) is 5.43. The first-order valence-corrected chi connectivity index (χ1v) is 6.65. The lowest BCUT2D eigenvalue weighted by Crippen LogP contribution is -2.39. The maximum atomic E-state index is 12.1. The molecule has 1 atom stereocenters. The number of hydrogen-bond acceptors (Lipinski definition) is 2. The highest BCUT2D eigenvalue weighted by molar-refractivity contribution is 6.11. The third kappa shape index (κ3) is 1.65. The van der Waals surface area contributed by atoms with Gasteiger partial charge in [-0.25, -0.2) is 0 Å². The molecule has 1 aromatic carbocycles. The first kappa shape index (κ1) is 12.2. The number of amides is 1. The zero-order valence-corrected chi connectivity index (χ0v) is 11.5. The molecule has 1 unspecified atom stereocenters. The van der Waals surface area contributed by atoms with Crippen LogP contribution in [0.1, 0.15) is 37.8 Å². The molecule has 1 aromatic rings. The quantitative estimate of drug-likeness (QED) is 0.773. The summed E-state index contributed by atoms with van der Waals surface area (Å²) in [5, 5.41) is 0. The molecule has 0 bridgehead atoms. The van der Waals surface area contributed by atoms with Crippen molar-refractivity contribution in [1.82, 2.24) is 0 Å². The van der Waals surface area contributed by atoms with E-state index in [2.05, 4.69) is 6.07 Å². The fourth-order valence-electron chi connectivity index (χ4n) is 3.31. The summed E-state index contributed by atoms with van der Waals surface area (Å²) in [4.78, 5) is 25.9. The lowest BCUT2D eigenvalue weighted by molar-refractivity contribution is -0.117. The molecule has 0 aliphatic carbocycles. The van der Waals surface area contributed by atoms with Crippen LogP contribution in [0.3, 0.4) is 0 Å². The van der Waals surface area contributed by atoms with E-state index >= 15 is 0 Å². The van der Waals surface area contributed by atoms with Gasteiger partial charge in [-0.05, 0) is 44.9 Å². The van der Waals surface area contributed by atoms with E-state index < -0.39 is 0 Å². The maximum absolute atomic E-state index is 12.1. The fraction of sp³-hybridized carbons (Fsp3) is 0.375. The molecule has 98 valence electrons. The van der Waals surface area contributed by atoms with E-state index in [1.807, 2.05) is 30.9 Å². The molecule has 2 heterocycles. The number of nitrogens with zero attached hydrogens (tertiary/aromatic N) is 1. The molecule has 1 saturated heterocycles. The number of hydrogen-bond donors (Lipinski definition) is 0. The minimum absolute atomic E-state index is 0.0554. The molecule has 3 rings (SSSR count). The van der Waals surface area contributed by atoms with Gasteiger partial charge < -0.3 is 4.90 Å². The number of allylic oxidation sites excluding steroid dienone is 1. The predicted octanol–water partition coefficient (Wildman–Crippen LogP) is 2.87. The van der Waals surface area contributed by atoms with Crippen molar-refractivity contribution in [3.8, 4) is 0 Å². The van der Waals surface area contributed by atoms with Gasteiger partial charge >= 0.3 is 0 Å². The average molecular weight is 255 g/mol. The first-order chi connectivity index (χ1) is 9.00. The van der Waals surface area contributed by atoms with Crippen LogP contribution in [-0.4, -0.2) is 17.7 Å². The summed E-state index contributed by atoms with van der Waals surface area (Å²) in [5.41, 5.74) is 4.97. The molecular weight excluding hydrogens is 238 g/mol. The fourth-order valence-corrected chi connectivity index (χ4v) is 3.31. The van der Waals surface area contributed by atoms with Crippen molar-refractivity contribution < 1.29 is 9.59 Å². The molecule has 0 N–H and O–H groups in total. The maximum Gasteiger partial charge on any atom is 0.227 e. The van der Waals surface area contributed by atoms with Crippen LogP contribution < -0.4 is 4.90 Å². The molecule has 1 amide bonds. The van der Waals surface area contributed by atoms with E-state index in [-0.39, 0.29) is 17.7 Å². The van der Waals surface area contributed by atoms with Gasteiger partial charge in [0.15, 0.2) is 5.78 Å². The Morgan fingerprint density at radius 1 is 1.32 bits per heavy atom. The summed E-state index contributed by atoms with van der Waals surface area (Å²) in [7, 11) is 0. The molecule has 3 heteroatoms. The molecule has 0 saturated carbocycles.